The number of hydrogen-bond donors (Lipinski definition) is 0. The van der Waals surface area contributed by atoms with Gasteiger partial charge in [0.2, 0.25) is 0 Å². The molecule has 0 amide bonds. The number of thioether (sulfide) groups is 1. The second kappa shape index (κ2) is 5.12. The van der Waals surface area contributed by atoms with Crippen molar-refractivity contribution in [3.05, 3.63) is 33.4 Å². The molecule has 0 atom stereocenters. The van der Waals surface area contributed by atoms with Crippen molar-refractivity contribution >= 4 is 46.5 Å². The Kier molecular flexibility index (Phi) is 3.80. The highest BCUT2D eigenvalue weighted by atomic mass is 35.5. The van der Waals surface area contributed by atoms with Crippen LogP contribution in [0.3, 0.4) is 0 Å². The molecular formula is C8H5Cl2N3S2. The largest absolute Gasteiger partial charge is 0.248 e. The fourth-order valence-electron chi connectivity index (χ4n) is 0.897. The topological polar surface area (TPSA) is 38.7 Å². The van der Waals surface area contributed by atoms with Crippen molar-refractivity contribution in [3.63, 3.8) is 0 Å². The van der Waals surface area contributed by atoms with E-state index >= 15 is 0 Å². The molecule has 0 aliphatic carbocycles. The molecule has 0 N–H and O–H groups in total. The first-order valence-corrected chi connectivity index (χ1v) is 6.49. The molecule has 0 bridgehead atoms. The molecule has 2 rings (SSSR count). The van der Waals surface area contributed by atoms with E-state index in [1.165, 1.54) is 23.3 Å². The summed E-state index contributed by atoms with van der Waals surface area (Å²) in [5.74, 6) is 0.631. The van der Waals surface area contributed by atoms with E-state index in [1.807, 2.05) is 0 Å². The number of pyridine rings is 1. The van der Waals surface area contributed by atoms with Crippen LogP contribution in [0, 0.1) is 0 Å². The third-order valence-electron chi connectivity index (χ3n) is 1.58. The highest BCUT2D eigenvalue weighted by Crippen LogP contribution is 2.29. The van der Waals surface area contributed by atoms with Crippen LogP contribution in [-0.4, -0.2) is 14.6 Å². The van der Waals surface area contributed by atoms with Gasteiger partial charge in [-0.2, -0.15) is 0 Å². The van der Waals surface area contributed by atoms with Gasteiger partial charge in [-0.1, -0.05) is 39.5 Å². The Morgan fingerprint density at radius 1 is 1.40 bits per heavy atom. The standard InChI is InChI=1S/C8H5Cl2N3S2/c9-5-2-1-3-11-8(5)14-4-6-7(10)15-13-12-6/h1-3H,4H2. The van der Waals surface area contributed by atoms with E-state index in [9.17, 15) is 0 Å². The molecule has 0 fully saturated rings. The number of nitrogens with zero attached hydrogens (tertiary/aromatic N) is 3. The van der Waals surface area contributed by atoms with Crippen molar-refractivity contribution < 1.29 is 0 Å². The zero-order valence-corrected chi connectivity index (χ0v) is 10.5. The molecule has 0 saturated carbocycles. The maximum Gasteiger partial charge on any atom is 0.138 e. The summed E-state index contributed by atoms with van der Waals surface area (Å²) in [6, 6.07) is 3.60. The molecule has 2 aromatic rings. The molecule has 0 radical (unpaired) electrons. The molecule has 2 heterocycles. The van der Waals surface area contributed by atoms with Crippen LogP contribution in [0.25, 0.3) is 0 Å². The summed E-state index contributed by atoms with van der Waals surface area (Å²) in [5.41, 5.74) is 0.772. The van der Waals surface area contributed by atoms with Gasteiger partial charge in [-0.25, -0.2) is 4.98 Å². The Balaban J connectivity index is 2.06. The fourth-order valence-corrected chi connectivity index (χ4v) is 2.80. The average molecular weight is 278 g/mol. The summed E-state index contributed by atoms with van der Waals surface area (Å²) >= 11 is 14.5. The van der Waals surface area contributed by atoms with Gasteiger partial charge in [0.05, 0.1) is 5.02 Å². The van der Waals surface area contributed by atoms with E-state index in [0.29, 0.717) is 15.1 Å². The van der Waals surface area contributed by atoms with Crippen molar-refractivity contribution in [2.45, 2.75) is 10.8 Å². The van der Waals surface area contributed by atoms with Gasteiger partial charge < -0.3 is 0 Å². The molecule has 0 aromatic carbocycles. The Morgan fingerprint density at radius 2 is 2.27 bits per heavy atom. The lowest BCUT2D eigenvalue weighted by atomic mass is 10.5. The van der Waals surface area contributed by atoms with Crippen molar-refractivity contribution in [2.24, 2.45) is 0 Å². The second-order valence-corrected chi connectivity index (χ2v) is 5.30. The smallest absolute Gasteiger partial charge is 0.138 e. The summed E-state index contributed by atoms with van der Waals surface area (Å²) in [6.45, 7) is 0. The zero-order chi connectivity index (χ0) is 10.7. The van der Waals surface area contributed by atoms with Crippen LogP contribution in [0.2, 0.25) is 9.36 Å². The van der Waals surface area contributed by atoms with E-state index in [0.717, 1.165) is 10.7 Å². The minimum atomic E-state index is 0.620. The van der Waals surface area contributed by atoms with Crippen LogP contribution in [0.15, 0.2) is 23.4 Å². The number of aromatic nitrogens is 3. The molecule has 0 spiro atoms. The molecule has 0 aliphatic rings. The number of rotatable bonds is 3. The van der Waals surface area contributed by atoms with Crippen LogP contribution in [0.5, 0.6) is 0 Å². The fraction of sp³-hybridized carbons (Fsp3) is 0.125. The monoisotopic (exact) mass is 277 g/mol. The molecule has 0 saturated heterocycles. The quantitative estimate of drug-likeness (QED) is 0.805. The summed E-state index contributed by atoms with van der Waals surface area (Å²) < 4.78 is 4.37. The van der Waals surface area contributed by atoms with Crippen molar-refractivity contribution in [1.82, 2.24) is 14.6 Å². The molecule has 2 aromatic heterocycles. The summed E-state index contributed by atoms with van der Waals surface area (Å²) in [6.07, 6.45) is 1.70. The highest BCUT2D eigenvalue weighted by molar-refractivity contribution is 7.98. The summed E-state index contributed by atoms with van der Waals surface area (Å²) in [7, 11) is 0. The van der Waals surface area contributed by atoms with E-state index in [4.69, 9.17) is 23.2 Å². The Labute approximate surface area is 105 Å². The van der Waals surface area contributed by atoms with Crippen LogP contribution < -0.4 is 0 Å². The zero-order valence-electron chi connectivity index (χ0n) is 7.35. The van der Waals surface area contributed by atoms with Crippen molar-refractivity contribution in [2.75, 3.05) is 0 Å². The van der Waals surface area contributed by atoms with E-state index in [1.54, 1.807) is 18.3 Å². The third-order valence-corrected chi connectivity index (χ3v) is 4.00. The van der Waals surface area contributed by atoms with Crippen LogP contribution >= 0.6 is 46.5 Å². The molecule has 78 valence electrons. The molecule has 0 unspecified atom stereocenters. The minimum absolute atomic E-state index is 0.620. The van der Waals surface area contributed by atoms with Crippen molar-refractivity contribution in [1.29, 1.82) is 0 Å². The summed E-state index contributed by atoms with van der Waals surface area (Å²) in [5, 5.41) is 5.33. The third kappa shape index (κ3) is 2.81. The lowest BCUT2D eigenvalue weighted by Gasteiger charge is -2.00. The van der Waals surface area contributed by atoms with Crippen LogP contribution in [0.4, 0.5) is 0 Å². The van der Waals surface area contributed by atoms with Gasteiger partial charge in [0.15, 0.2) is 0 Å². The molecule has 0 aliphatic heterocycles. The molecule has 15 heavy (non-hydrogen) atoms. The lowest BCUT2D eigenvalue weighted by Crippen LogP contribution is -1.85. The average Bonchev–Trinajstić information content (AvgIpc) is 2.63. The molecule has 7 heteroatoms. The Morgan fingerprint density at radius 3 is 2.93 bits per heavy atom. The first-order chi connectivity index (χ1) is 7.27. The van der Waals surface area contributed by atoms with Gasteiger partial charge in [0.1, 0.15) is 15.1 Å². The highest BCUT2D eigenvalue weighted by Gasteiger charge is 2.08. The predicted octanol–water partition coefficient (Wildman–Crippen LogP) is 3.53. The van der Waals surface area contributed by atoms with Crippen LogP contribution in [-0.2, 0) is 5.75 Å². The second-order valence-electron chi connectivity index (χ2n) is 2.57. The Hall–Kier alpha value is -0.360. The lowest BCUT2D eigenvalue weighted by molar-refractivity contribution is 1.07. The minimum Gasteiger partial charge on any atom is -0.248 e. The number of hydrogen-bond acceptors (Lipinski definition) is 5. The molecule has 3 nitrogen and oxygen atoms in total. The Bertz CT molecular complexity index is 461. The van der Waals surface area contributed by atoms with Crippen molar-refractivity contribution in [3.8, 4) is 0 Å². The van der Waals surface area contributed by atoms with Gasteiger partial charge in [-0.05, 0) is 12.1 Å². The maximum atomic E-state index is 5.95. The van der Waals surface area contributed by atoms with E-state index in [2.05, 4.69) is 14.6 Å². The molecular weight excluding hydrogens is 273 g/mol. The first-order valence-electron chi connectivity index (χ1n) is 3.97. The first kappa shape index (κ1) is 11.1. The van der Waals surface area contributed by atoms with Gasteiger partial charge >= 0.3 is 0 Å². The van der Waals surface area contributed by atoms with Gasteiger partial charge in [0, 0.05) is 23.5 Å². The van der Waals surface area contributed by atoms with E-state index < -0.39 is 0 Å². The predicted molar refractivity (Wildman–Crippen MR) is 63.7 cm³/mol. The van der Waals surface area contributed by atoms with Gasteiger partial charge in [-0.3, -0.25) is 0 Å². The normalized spacial score (nSPS) is 10.5. The van der Waals surface area contributed by atoms with E-state index in [-0.39, 0.29) is 0 Å². The van der Waals surface area contributed by atoms with Gasteiger partial charge in [0.25, 0.3) is 0 Å². The number of halogens is 2. The van der Waals surface area contributed by atoms with Crippen LogP contribution in [0.1, 0.15) is 5.69 Å². The maximum absolute atomic E-state index is 5.95. The summed E-state index contributed by atoms with van der Waals surface area (Å²) in [4.78, 5) is 4.15. The SMILES string of the molecule is Clc1cccnc1SCc1nnsc1Cl. The van der Waals surface area contributed by atoms with Gasteiger partial charge in [-0.15, -0.1) is 5.10 Å².